The van der Waals surface area contributed by atoms with Crippen LogP contribution in [0.5, 0.6) is 0 Å². The highest BCUT2D eigenvalue weighted by Crippen LogP contribution is 2.25. The van der Waals surface area contributed by atoms with Crippen molar-refractivity contribution < 1.29 is 14.3 Å². The monoisotopic (exact) mass is 343 g/mol. The molecule has 6 heteroatoms. The maximum Gasteiger partial charge on any atom is 0.379 e. The third kappa shape index (κ3) is 2.67. The number of benzene rings is 1. The van der Waals surface area contributed by atoms with Crippen molar-refractivity contribution in [2.24, 2.45) is 0 Å². The standard InChI is InChI=1S/C13H11BrClNO3/c1-19-13(18)12(17)10-7-16(5-4-14)11-3-2-8(15)6-9(10)11/h2-3,6-7H,4-5H2,1H3. The second kappa shape index (κ2) is 5.75. The molecule has 0 bridgehead atoms. The van der Waals surface area contributed by atoms with E-state index >= 15 is 0 Å². The van der Waals surface area contributed by atoms with E-state index in [2.05, 4.69) is 20.7 Å². The van der Waals surface area contributed by atoms with E-state index in [1.807, 2.05) is 10.6 Å². The lowest BCUT2D eigenvalue weighted by Gasteiger charge is -2.01. The SMILES string of the molecule is COC(=O)C(=O)c1cn(CCBr)c2ccc(Cl)cc12. The number of ether oxygens (including phenoxy) is 1. The molecule has 0 unspecified atom stereocenters. The van der Waals surface area contributed by atoms with E-state index in [1.165, 1.54) is 7.11 Å². The van der Waals surface area contributed by atoms with E-state index in [0.29, 0.717) is 22.5 Å². The summed E-state index contributed by atoms with van der Waals surface area (Å²) in [6, 6.07) is 5.26. The van der Waals surface area contributed by atoms with E-state index in [1.54, 1.807) is 18.3 Å². The Kier molecular flexibility index (Phi) is 4.27. The van der Waals surface area contributed by atoms with Gasteiger partial charge in [0.2, 0.25) is 0 Å². The van der Waals surface area contributed by atoms with Gasteiger partial charge in [0.15, 0.2) is 0 Å². The number of fused-ring (bicyclic) bond motifs is 1. The largest absolute Gasteiger partial charge is 0.463 e. The molecule has 1 heterocycles. The molecule has 0 N–H and O–H groups in total. The number of carbonyl (C=O) groups excluding carboxylic acids is 2. The van der Waals surface area contributed by atoms with Gasteiger partial charge in [-0.2, -0.15) is 0 Å². The molecule has 0 spiro atoms. The molecule has 4 nitrogen and oxygen atoms in total. The molecule has 0 saturated carbocycles. The maximum absolute atomic E-state index is 12.0. The predicted octanol–water partition coefficient (Wildman–Crippen LogP) is 3.05. The third-order valence-corrected chi connectivity index (χ3v) is 3.37. The zero-order valence-electron chi connectivity index (χ0n) is 10.2. The van der Waals surface area contributed by atoms with Gasteiger partial charge in [0.05, 0.1) is 12.7 Å². The van der Waals surface area contributed by atoms with Crippen LogP contribution in [0.15, 0.2) is 24.4 Å². The Bertz CT molecular complexity index is 651. The summed E-state index contributed by atoms with van der Waals surface area (Å²) in [6.45, 7) is 0.687. The summed E-state index contributed by atoms with van der Waals surface area (Å²) >= 11 is 9.30. The molecule has 0 aliphatic carbocycles. The average molecular weight is 345 g/mol. The highest BCUT2D eigenvalue weighted by Gasteiger charge is 2.22. The van der Waals surface area contributed by atoms with E-state index < -0.39 is 11.8 Å². The molecule has 0 fully saturated rings. The summed E-state index contributed by atoms with van der Waals surface area (Å²) in [5.41, 5.74) is 1.17. The number of hydrogen-bond acceptors (Lipinski definition) is 3. The van der Waals surface area contributed by atoms with Gasteiger partial charge in [-0.25, -0.2) is 4.79 Å². The Morgan fingerprint density at radius 3 is 2.79 bits per heavy atom. The van der Waals surface area contributed by atoms with Gasteiger partial charge in [-0.15, -0.1) is 0 Å². The number of rotatable bonds is 4. The molecule has 19 heavy (non-hydrogen) atoms. The quantitative estimate of drug-likeness (QED) is 0.371. The summed E-state index contributed by atoms with van der Waals surface area (Å²) in [4.78, 5) is 23.4. The average Bonchev–Trinajstić information content (AvgIpc) is 2.75. The number of esters is 1. The molecule has 0 atom stereocenters. The number of carbonyl (C=O) groups is 2. The maximum atomic E-state index is 12.0. The third-order valence-electron chi connectivity index (χ3n) is 2.78. The van der Waals surface area contributed by atoms with Gasteiger partial charge in [-0.1, -0.05) is 27.5 Å². The Hall–Kier alpha value is -1.33. The van der Waals surface area contributed by atoms with Crippen molar-refractivity contribution in [1.29, 1.82) is 0 Å². The van der Waals surface area contributed by atoms with Crippen LogP contribution in [0.1, 0.15) is 10.4 Å². The van der Waals surface area contributed by atoms with Gasteiger partial charge in [0.1, 0.15) is 0 Å². The molecule has 1 aromatic carbocycles. The Labute approximate surface area is 123 Å². The van der Waals surface area contributed by atoms with Crippen molar-refractivity contribution in [2.45, 2.75) is 6.54 Å². The zero-order valence-corrected chi connectivity index (χ0v) is 12.5. The molecule has 0 saturated heterocycles. The van der Waals surface area contributed by atoms with Gasteiger partial charge in [0.25, 0.3) is 5.78 Å². The molecule has 1 aromatic heterocycles. The van der Waals surface area contributed by atoms with Crippen molar-refractivity contribution in [2.75, 3.05) is 12.4 Å². The minimum atomic E-state index is -0.877. The topological polar surface area (TPSA) is 48.3 Å². The molecule has 0 amide bonds. The highest BCUT2D eigenvalue weighted by atomic mass is 79.9. The summed E-state index contributed by atoms with van der Waals surface area (Å²) in [7, 11) is 1.19. The van der Waals surface area contributed by atoms with Gasteiger partial charge < -0.3 is 9.30 Å². The van der Waals surface area contributed by atoms with Crippen LogP contribution in [0.2, 0.25) is 5.02 Å². The Morgan fingerprint density at radius 1 is 1.42 bits per heavy atom. The normalized spacial score (nSPS) is 10.7. The van der Waals surface area contributed by atoms with Crippen LogP contribution in [0, 0.1) is 0 Å². The second-order valence-corrected chi connectivity index (χ2v) is 5.14. The zero-order chi connectivity index (χ0) is 14.0. The number of ketones is 1. The first-order valence-electron chi connectivity index (χ1n) is 5.55. The van der Waals surface area contributed by atoms with Gasteiger partial charge in [0, 0.05) is 34.0 Å². The number of alkyl halides is 1. The van der Waals surface area contributed by atoms with Crippen molar-refractivity contribution in [3.63, 3.8) is 0 Å². The van der Waals surface area contributed by atoms with Crippen LogP contribution in [0.4, 0.5) is 0 Å². The van der Waals surface area contributed by atoms with Gasteiger partial charge >= 0.3 is 5.97 Å². The lowest BCUT2D eigenvalue weighted by molar-refractivity contribution is -0.135. The van der Waals surface area contributed by atoms with Crippen molar-refractivity contribution in [3.8, 4) is 0 Å². The van der Waals surface area contributed by atoms with Crippen LogP contribution in [-0.2, 0) is 16.1 Å². The van der Waals surface area contributed by atoms with Crippen LogP contribution in [0.25, 0.3) is 10.9 Å². The first kappa shape index (κ1) is 14.1. The van der Waals surface area contributed by atoms with Crippen LogP contribution >= 0.6 is 27.5 Å². The molecule has 2 aromatic rings. The number of aromatic nitrogens is 1. The van der Waals surface area contributed by atoms with E-state index in [4.69, 9.17) is 11.6 Å². The number of Topliss-reactive ketones (excluding diaryl/α,β-unsaturated/α-hetero) is 1. The summed E-state index contributed by atoms with van der Waals surface area (Å²) < 4.78 is 6.37. The minimum Gasteiger partial charge on any atom is -0.463 e. The fraction of sp³-hybridized carbons (Fsp3) is 0.231. The van der Waals surface area contributed by atoms with E-state index in [9.17, 15) is 9.59 Å². The number of halogens is 2. The first-order chi connectivity index (χ1) is 9.08. The number of hydrogen-bond donors (Lipinski definition) is 0. The number of nitrogens with zero attached hydrogens (tertiary/aromatic N) is 1. The van der Waals surface area contributed by atoms with E-state index in [0.717, 1.165) is 10.8 Å². The van der Waals surface area contributed by atoms with E-state index in [-0.39, 0.29) is 0 Å². The van der Waals surface area contributed by atoms with Crippen molar-refractivity contribution in [3.05, 3.63) is 35.0 Å². The summed E-state index contributed by atoms with van der Waals surface area (Å²) in [5, 5.41) is 1.91. The fourth-order valence-corrected chi connectivity index (χ4v) is 2.48. The smallest absolute Gasteiger partial charge is 0.379 e. The molecule has 0 aliphatic rings. The van der Waals surface area contributed by atoms with Gasteiger partial charge in [-0.05, 0) is 18.2 Å². The highest BCUT2D eigenvalue weighted by molar-refractivity contribution is 9.09. The molecule has 2 rings (SSSR count). The van der Waals surface area contributed by atoms with Crippen LogP contribution in [-0.4, -0.2) is 28.8 Å². The summed E-state index contributed by atoms with van der Waals surface area (Å²) in [6.07, 6.45) is 1.65. The number of aryl methyl sites for hydroxylation is 1. The van der Waals surface area contributed by atoms with Crippen LogP contribution < -0.4 is 0 Å². The Morgan fingerprint density at radius 2 is 2.16 bits per heavy atom. The van der Waals surface area contributed by atoms with Gasteiger partial charge in [-0.3, -0.25) is 4.79 Å². The second-order valence-electron chi connectivity index (χ2n) is 3.91. The lowest BCUT2D eigenvalue weighted by atomic mass is 10.1. The first-order valence-corrected chi connectivity index (χ1v) is 7.05. The van der Waals surface area contributed by atoms with Crippen LogP contribution in [0.3, 0.4) is 0 Å². The lowest BCUT2D eigenvalue weighted by Crippen LogP contribution is -2.15. The van der Waals surface area contributed by atoms with Crippen molar-refractivity contribution in [1.82, 2.24) is 4.57 Å². The summed E-state index contributed by atoms with van der Waals surface area (Å²) in [5.74, 6) is -1.54. The predicted molar refractivity (Wildman–Crippen MR) is 77.1 cm³/mol. The number of methoxy groups -OCH3 is 1. The molecular weight excluding hydrogens is 334 g/mol. The molecule has 100 valence electrons. The Balaban J connectivity index is 2.63. The molecular formula is C13H11BrClNO3. The minimum absolute atomic E-state index is 0.310. The fourth-order valence-electron chi connectivity index (χ4n) is 1.93. The molecule has 0 radical (unpaired) electrons. The van der Waals surface area contributed by atoms with Crippen molar-refractivity contribution >= 4 is 50.2 Å². The molecule has 0 aliphatic heterocycles.